The van der Waals surface area contributed by atoms with Gasteiger partial charge in [0, 0.05) is 26.1 Å². The topological polar surface area (TPSA) is 60.9 Å². The summed E-state index contributed by atoms with van der Waals surface area (Å²) in [4.78, 5) is 26.2. The smallest absolute Gasteiger partial charge is 0.407 e. The summed E-state index contributed by atoms with van der Waals surface area (Å²) in [6.07, 6.45) is 2.62. The predicted molar refractivity (Wildman–Crippen MR) is 62.7 cm³/mol. The maximum atomic E-state index is 11.9. The Morgan fingerprint density at radius 3 is 2.76 bits per heavy atom. The van der Waals surface area contributed by atoms with Crippen LogP contribution in [0.2, 0.25) is 0 Å². The highest BCUT2D eigenvalue weighted by Crippen LogP contribution is 2.25. The number of rotatable bonds is 1. The minimum atomic E-state index is -0.869. The lowest BCUT2D eigenvalue weighted by Crippen LogP contribution is -2.56. The van der Waals surface area contributed by atoms with E-state index in [1.54, 1.807) is 0 Å². The van der Waals surface area contributed by atoms with E-state index in [1.807, 2.05) is 4.90 Å². The minimum Gasteiger partial charge on any atom is -0.465 e. The molecule has 0 aromatic heterocycles. The third-order valence-corrected chi connectivity index (χ3v) is 3.95. The summed E-state index contributed by atoms with van der Waals surface area (Å²) in [6.45, 7) is 3.98. The van der Waals surface area contributed by atoms with Crippen LogP contribution >= 0.6 is 0 Å². The van der Waals surface area contributed by atoms with Gasteiger partial charge in [-0.05, 0) is 25.2 Å². The van der Waals surface area contributed by atoms with Crippen LogP contribution in [-0.2, 0) is 4.79 Å². The Kier molecular flexibility index (Phi) is 3.54. The Morgan fingerprint density at radius 2 is 2.12 bits per heavy atom. The number of nitrogens with zero attached hydrogens (tertiary/aromatic N) is 2. The Bertz CT molecular complexity index is 319. The van der Waals surface area contributed by atoms with E-state index in [0.29, 0.717) is 25.4 Å². The first kappa shape index (κ1) is 12.2. The van der Waals surface area contributed by atoms with Crippen molar-refractivity contribution in [2.24, 2.45) is 5.92 Å². The first-order chi connectivity index (χ1) is 8.09. The molecule has 2 saturated heterocycles. The lowest BCUT2D eigenvalue weighted by Gasteiger charge is -2.43. The molecular weight excluding hydrogens is 220 g/mol. The molecule has 5 nitrogen and oxygen atoms in total. The van der Waals surface area contributed by atoms with Crippen molar-refractivity contribution in [3.8, 4) is 0 Å². The molecule has 2 amide bonds. The van der Waals surface area contributed by atoms with Crippen LogP contribution in [0.1, 0.15) is 32.6 Å². The first-order valence-electron chi connectivity index (χ1n) is 6.37. The zero-order valence-corrected chi connectivity index (χ0v) is 10.3. The van der Waals surface area contributed by atoms with E-state index in [1.165, 1.54) is 4.90 Å². The normalized spacial score (nSPS) is 30.5. The molecule has 0 bridgehead atoms. The van der Waals surface area contributed by atoms with E-state index in [0.717, 1.165) is 25.8 Å². The molecule has 96 valence electrons. The molecule has 2 aliphatic heterocycles. The molecule has 1 N–H and O–H groups in total. The molecule has 0 saturated carbocycles. The van der Waals surface area contributed by atoms with Gasteiger partial charge >= 0.3 is 6.09 Å². The van der Waals surface area contributed by atoms with Crippen LogP contribution in [0.25, 0.3) is 0 Å². The standard InChI is InChI=1S/C12H20N2O3/c1-9-5-7-13(12(16)17)8-10(9)14-6-3-2-4-11(14)15/h9-10H,2-8H2,1H3,(H,16,17). The van der Waals surface area contributed by atoms with E-state index in [4.69, 9.17) is 5.11 Å². The minimum absolute atomic E-state index is 0.0765. The second-order valence-electron chi connectivity index (χ2n) is 5.11. The van der Waals surface area contributed by atoms with Crippen LogP contribution in [0.4, 0.5) is 4.79 Å². The first-order valence-corrected chi connectivity index (χ1v) is 6.37. The number of likely N-dealkylation sites (tertiary alicyclic amines) is 2. The Labute approximate surface area is 101 Å². The second-order valence-corrected chi connectivity index (χ2v) is 5.11. The van der Waals surface area contributed by atoms with Gasteiger partial charge in [0.1, 0.15) is 0 Å². The molecule has 2 aliphatic rings. The molecule has 0 spiro atoms. The van der Waals surface area contributed by atoms with Gasteiger partial charge in [0.05, 0.1) is 6.04 Å². The van der Waals surface area contributed by atoms with Gasteiger partial charge in [0.25, 0.3) is 0 Å². The highest BCUT2D eigenvalue weighted by molar-refractivity contribution is 5.77. The van der Waals surface area contributed by atoms with Crippen LogP contribution < -0.4 is 0 Å². The molecular formula is C12H20N2O3. The van der Waals surface area contributed by atoms with Crippen LogP contribution in [0.15, 0.2) is 0 Å². The molecule has 0 aromatic carbocycles. The predicted octanol–water partition coefficient (Wildman–Crippen LogP) is 1.39. The lowest BCUT2D eigenvalue weighted by molar-refractivity contribution is -0.138. The maximum absolute atomic E-state index is 11.9. The van der Waals surface area contributed by atoms with Crippen molar-refractivity contribution in [1.82, 2.24) is 9.80 Å². The van der Waals surface area contributed by atoms with Crippen LogP contribution in [0.3, 0.4) is 0 Å². The number of hydrogen-bond donors (Lipinski definition) is 1. The highest BCUT2D eigenvalue weighted by Gasteiger charge is 2.35. The number of carboxylic acid groups (broad SMARTS) is 1. The van der Waals surface area contributed by atoms with Crippen molar-refractivity contribution < 1.29 is 14.7 Å². The largest absolute Gasteiger partial charge is 0.465 e. The summed E-state index contributed by atoms with van der Waals surface area (Å²) in [5, 5.41) is 9.03. The zero-order valence-electron chi connectivity index (χ0n) is 10.3. The summed E-state index contributed by atoms with van der Waals surface area (Å²) in [6, 6.07) is 0.0765. The zero-order chi connectivity index (χ0) is 12.4. The number of carbonyl (C=O) groups is 2. The number of hydrogen-bond acceptors (Lipinski definition) is 2. The third-order valence-electron chi connectivity index (χ3n) is 3.95. The van der Waals surface area contributed by atoms with E-state index < -0.39 is 6.09 Å². The summed E-state index contributed by atoms with van der Waals surface area (Å²) in [5.41, 5.74) is 0. The van der Waals surface area contributed by atoms with Gasteiger partial charge in [-0.25, -0.2) is 4.79 Å². The van der Waals surface area contributed by atoms with E-state index >= 15 is 0 Å². The molecule has 2 atom stereocenters. The molecule has 17 heavy (non-hydrogen) atoms. The molecule has 0 aromatic rings. The van der Waals surface area contributed by atoms with Crippen LogP contribution in [0, 0.1) is 5.92 Å². The fraction of sp³-hybridized carbons (Fsp3) is 0.833. The number of carbonyl (C=O) groups excluding carboxylic acids is 1. The molecule has 2 unspecified atom stereocenters. The van der Waals surface area contributed by atoms with Gasteiger partial charge in [-0.1, -0.05) is 6.92 Å². The second kappa shape index (κ2) is 4.94. The molecule has 0 aliphatic carbocycles. The van der Waals surface area contributed by atoms with Gasteiger partial charge in [-0.2, -0.15) is 0 Å². The molecule has 5 heteroatoms. The fourth-order valence-corrected chi connectivity index (χ4v) is 2.81. The Hall–Kier alpha value is -1.26. The van der Waals surface area contributed by atoms with Crippen molar-refractivity contribution in [1.29, 1.82) is 0 Å². The number of amides is 2. The maximum Gasteiger partial charge on any atom is 0.407 e. The summed E-state index contributed by atoms with van der Waals surface area (Å²) < 4.78 is 0. The van der Waals surface area contributed by atoms with Crippen LogP contribution in [0.5, 0.6) is 0 Å². The van der Waals surface area contributed by atoms with Gasteiger partial charge in [-0.15, -0.1) is 0 Å². The summed E-state index contributed by atoms with van der Waals surface area (Å²) in [7, 11) is 0. The van der Waals surface area contributed by atoms with Crippen molar-refractivity contribution in [3.05, 3.63) is 0 Å². The molecule has 2 fully saturated rings. The molecule has 0 radical (unpaired) electrons. The summed E-state index contributed by atoms with van der Waals surface area (Å²) in [5.74, 6) is 0.591. The SMILES string of the molecule is CC1CCN(C(=O)O)CC1N1CCCCC1=O. The number of piperidine rings is 2. The average Bonchev–Trinajstić information content (AvgIpc) is 2.30. The Balaban J connectivity index is 2.06. The van der Waals surface area contributed by atoms with Gasteiger partial charge in [-0.3, -0.25) is 4.79 Å². The van der Waals surface area contributed by atoms with Crippen molar-refractivity contribution >= 4 is 12.0 Å². The van der Waals surface area contributed by atoms with Crippen molar-refractivity contribution in [2.75, 3.05) is 19.6 Å². The molecule has 2 heterocycles. The van der Waals surface area contributed by atoms with E-state index in [9.17, 15) is 9.59 Å². The van der Waals surface area contributed by atoms with Gasteiger partial charge in [0.2, 0.25) is 5.91 Å². The van der Waals surface area contributed by atoms with Crippen LogP contribution in [-0.4, -0.2) is 52.6 Å². The lowest BCUT2D eigenvalue weighted by atomic mass is 9.91. The van der Waals surface area contributed by atoms with Crippen molar-refractivity contribution in [2.45, 2.75) is 38.6 Å². The Morgan fingerprint density at radius 1 is 1.35 bits per heavy atom. The van der Waals surface area contributed by atoms with E-state index in [2.05, 4.69) is 6.92 Å². The summed E-state index contributed by atoms with van der Waals surface area (Å²) >= 11 is 0. The molecule has 2 rings (SSSR count). The van der Waals surface area contributed by atoms with E-state index in [-0.39, 0.29) is 11.9 Å². The van der Waals surface area contributed by atoms with Crippen molar-refractivity contribution in [3.63, 3.8) is 0 Å². The van der Waals surface area contributed by atoms with Gasteiger partial charge < -0.3 is 14.9 Å². The monoisotopic (exact) mass is 240 g/mol. The van der Waals surface area contributed by atoms with Gasteiger partial charge in [0.15, 0.2) is 0 Å². The fourth-order valence-electron chi connectivity index (χ4n) is 2.81. The quantitative estimate of drug-likeness (QED) is 0.753. The highest BCUT2D eigenvalue weighted by atomic mass is 16.4. The third kappa shape index (κ3) is 2.53. The average molecular weight is 240 g/mol.